The second-order valence-corrected chi connectivity index (χ2v) is 4.89. The standard InChI is InChI=1S/C17H15FN2O2/c18-14-7-2-4-9-16(14)22-11-5-10-20-12-19-15-8-3-1-6-13(15)17(20)21/h1-4,6-9,12H,5,10-11H2. The zero-order chi connectivity index (χ0) is 15.4. The Labute approximate surface area is 126 Å². The van der Waals surface area contributed by atoms with Crippen LogP contribution in [0.5, 0.6) is 5.75 Å². The summed E-state index contributed by atoms with van der Waals surface area (Å²) in [5, 5.41) is 0.597. The van der Waals surface area contributed by atoms with Crippen LogP contribution in [0.2, 0.25) is 0 Å². The van der Waals surface area contributed by atoms with E-state index in [1.54, 1.807) is 28.8 Å². The van der Waals surface area contributed by atoms with Crippen molar-refractivity contribution in [3.8, 4) is 5.75 Å². The van der Waals surface area contributed by atoms with Gasteiger partial charge in [-0.05, 0) is 30.7 Å². The third-order valence-electron chi connectivity index (χ3n) is 3.37. The molecule has 0 amide bonds. The number of nitrogens with zero attached hydrogens (tertiary/aromatic N) is 2. The van der Waals surface area contributed by atoms with E-state index in [4.69, 9.17) is 4.74 Å². The van der Waals surface area contributed by atoms with E-state index in [9.17, 15) is 9.18 Å². The lowest BCUT2D eigenvalue weighted by atomic mass is 10.2. The van der Waals surface area contributed by atoms with Crippen molar-refractivity contribution in [1.29, 1.82) is 0 Å². The van der Waals surface area contributed by atoms with Crippen LogP contribution in [0.15, 0.2) is 59.7 Å². The number of halogens is 1. The van der Waals surface area contributed by atoms with E-state index >= 15 is 0 Å². The maximum absolute atomic E-state index is 13.4. The predicted molar refractivity (Wildman–Crippen MR) is 82.5 cm³/mol. The van der Waals surface area contributed by atoms with E-state index in [1.165, 1.54) is 12.4 Å². The molecule has 3 aromatic rings. The molecule has 1 heterocycles. The Hall–Kier alpha value is -2.69. The van der Waals surface area contributed by atoms with E-state index in [0.717, 1.165) is 0 Å². The molecule has 0 bridgehead atoms. The minimum Gasteiger partial charge on any atom is -0.490 e. The van der Waals surface area contributed by atoms with Gasteiger partial charge in [0, 0.05) is 6.54 Å². The highest BCUT2D eigenvalue weighted by Crippen LogP contribution is 2.15. The van der Waals surface area contributed by atoms with Crippen molar-refractivity contribution in [2.24, 2.45) is 0 Å². The Morgan fingerprint density at radius 3 is 2.73 bits per heavy atom. The molecule has 0 saturated carbocycles. The average Bonchev–Trinajstić information content (AvgIpc) is 2.55. The van der Waals surface area contributed by atoms with Crippen molar-refractivity contribution in [1.82, 2.24) is 9.55 Å². The molecular weight excluding hydrogens is 283 g/mol. The van der Waals surface area contributed by atoms with Crippen LogP contribution >= 0.6 is 0 Å². The van der Waals surface area contributed by atoms with Crippen LogP contribution in [0.25, 0.3) is 10.9 Å². The monoisotopic (exact) mass is 298 g/mol. The SMILES string of the molecule is O=c1c2ccccc2ncn1CCCOc1ccccc1F. The number of benzene rings is 2. The maximum Gasteiger partial charge on any atom is 0.261 e. The van der Waals surface area contributed by atoms with Gasteiger partial charge in [0.2, 0.25) is 0 Å². The minimum absolute atomic E-state index is 0.0727. The predicted octanol–water partition coefficient (Wildman–Crippen LogP) is 3.00. The number of hydrogen-bond acceptors (Lipinski definition) is 3. The summed E-state index contributed by atoms with van der Waals surface area (Å²) < 4.78 is 20.3. The lowest BCUT2D eigenvalue weighted by Gasteiger charge is -2.08. The fraction of sp³-hybridized carbons (Fsp3) is 0.176. The van der Waals surface area contributed by atoms with Crippen molar-refractivity contribution in [2.45, 2.75) is 13.0 Å². The van der Waals surface area contributed by atoms with E-state index in [1.807, 2.05) is 18.2 Å². The molecule has 2 aromatic carbocycles. The van der Waals surface area contributed by atoms with E-state index in [2.05, 4.69) is 4.98 Å². The summed E-state index contributed by atoms with van der Waals surface area (Å²) in [7, 11) is 0. The van der Waals surface area contributed by atoms with Crippen molar-refractivity contribution < 1.29 is 9.13 Å². The Morgan fingerprint density at radius 1 is 1.09 bits per heavy atom. The molecule has 0 spiro atoms. The van der Waals surface area contributed by atoms with Crippen molar-refractivity contribution >= 4 is 10.9 Å². The van der Waals surface area contributed by atoms with Crippen LogP contribution in [-0.2, 0) is 6.54 Å². The topological polar surface area (TPSA) is 44.1 Å². The van der Waals surface area contributed by atoms with Gasteiger partial charge in [-0.1, -0.05) is 24.3 Å². The number of rotatable bonds is 5. The number of aryl methyl sites for hydroxylation is 1. The summed E-state index contributed by atoms with van der Waals surface area (Å²) in [5.74, 6) is -0.154. The summed E-state index contributed by atoms with van der Waals surface area (Å²) in [6.45, 7) is 0.811. The van der Waals surface area contributed by atoms with Gasteiger partial charge < -0.3 is 4.74 Å². The molecule has 0 radical (unpaired) electrons. The molecule has 0 atom stereocenters. The van der Waals surface area contributed by atoms with Crippen molar-refractivity contribution in [2.75, 3.05) is 6.61 Å². The van der Waals surface area contributed by atoms with E-state index in [0.29, 0.717) is 30.5 Å². The Balaban J connectivity index is 1.64. The number of hydrogen-bond donors (Lipinski definition) is 0. The first-order valence-electron chi connectivity index (χ1n) is 7.07. The zero-order valence-electron chi connectivity index (χ0n) is 11.9. The Morgan fingerprint density at radius 2 is 1.86 bits per heavy atom. The Bertz CT molecular complexity index is 845. The molecule has 3 rings (SSSR count). The van der Waals surface area contributed by atoms with E-state index < -0.39 is 0 Å². The molecule has 0 aliphatic rings. The van der Waals surface area contributed by atoms with Gasteiger partial charge >= 0.3 is 0 Å². The quantitative estimate of drug-likeness (QED) is 0.680. The first-order valence-corrected chi connectivity index (χ1v) is 7.07. The van der Waals surface area contributed by atoms with Gasteiger partial charge in [-0.3, -0.25) is 9.36 Å². The highest BCUT2D eigenvalue weighted by atomic mass is 19.1. The summed E-state index contributed by atoms with van der Waals surface area (Å²) in [6.07, 6.45) is 2.13. The number of para-hydroxylation sites is 2. The van der Waals surface area contributed by atoms with Crippen LogP contribution in [0, 0.1) is 5.82 Å². The molecule has 22 heavy (non-hydrogen) atoms. The summed E-state index contributed by atoms with van der Waals surface area (Å²) in [6, 6.07) is 13.5. The van der Waals surface area contributed by atoms with Gasteiger partial charge in [0.1, 0.15) is 0 Å². The van der Waals surface area contributed by atoms with Crippen molar-refractivity contribution in [3.05, 3.63) is 71.0 Å². The number of aromatic nitrogens is 2. The molecule has 4 nitrogen and oxygen atoms in total. The molecule has 0 aliphatic carbocycles. The van der Waals surface area contributed by atoms with Gasteiger partial charge in [0.15, 0.2) is 11.6 Å². The summed E-state index contributed by atoms with van der Waals surface area (Å²) in [4.78, 5) is 16.5. The number of fused-ring (bicyclic) bond motifs is 1. The summed E-state index contributed by atoms with van der Waals surface area (Å²) >= 11 is 0. The molecule has 0 N–H and O–H groups in total. The maximum atomic E-state index is 13.4. The fourth-order valence-corrected chi connectivity index (χ4v) is 2.24. The second-order valence-electron chi connectivity index (χ2n) is 4.89. The minimum atomic E-state index is -0.382. The zero-order valence-corrected chi connectivity index (χ0v) is 11.9. The molecular formula is C17H15FN2O2. The summed E-state index contributed by atoms with van der Waals surface area (Å²) in [5.41, 5.74) is 0.614. The first-order chi connectivity index (χ1) is 10.8. The fourth-order valence-electron chi connectivity index (χ4n) is 2.24. The van der Waals surface area contributed by atoms with Crippen LogP contribution in [0.1, 0.15) is 6.42 Å². The highest BCUT2D eigenvalue weighted by molar-refractivity contribution is 5.76. The van der Waals surface area contributed by atoms with Crippen LogP contribution in [0.4, 0.5) is 4.39 Å². The van der Waals surface area contributed by atoms with Crippen LogP contribution in [0.3, 0.4) is 0 Å². The second kappa shape index (κ2) is 6.39. The number of ether oxygens (including phenoxy) is 1. The van der Waals surface area contributed by atoms with Gasteiger partial charge in [-0.2, -0.15) is 0 Å². The molecule has 0 saturated heterocycles. The van der Waals surface area contributed by atoms with Gasteiger partial charge in [0.25, 0.3) is 5.56 Å². The van der Waals surface area contributed by atoms with Gasteiger partial charge in [-0.15, -0.1) is 0 Å². The highest BCUT2D eigenvalue weighted by Gasteiger charge is 2.04. The average molecular weight is 298 g/mol. The largest absolute Gasteiger partial charge is 0.490 e. The molecule has 112 valence electrons. The van der Waals surface area contributed by atoms with Crippen molar-refractivity contribution in [3.63, 3.8) is 0 Å². The Kier molecular flexibility index (Phi) is 4.14. The smallest absolute Gasteiger partial charge is 0.261 e. The van der Waals surface area contributed by atoms with E-state index in [-0.39, 0.29) is 17.1 Å². The molecule has 1 aromatic heterocycles. The van der Waals surface area contributed by atoms with Crippen LogP contribution < -0.4 is 10.3 Å². The third-order valence-corrected chi connectivity index (χ3v) is 3.37. The molecule has 0 unspecified atom stereocenters. The molecule has 5 heteroatoms. The molecule has 0 fully saturated rings. The van der Waals surface area contributed by atoms with Gasteiger partial charge in [0.05, 0.1) is 23.8 Å². The molecule has 0 aliphatic heterocycles. The lowest BCUT2D eigenvalue weighted by Crippen LogP contribution is -2.21. The van der Waals surface area contributed by atoms with Crippen LogP contribution in [-0.4, -0.2) is 16.2 Å². The third kappa shape index (κ3) is 2.98. The normalized spacial score (nSPS) is 10.8. The van der Waals surface area contributed by atoms with Gasteiger partial charge in [-0.25, -0.2) is 9.37 Å². The lowest BCUT2D eigenvalue weighted by molar-refractivity contribution is 0.287. The first kappa shape index (κ1) is 14.3.